The second-order valence-corrected chi connectivity index (χ2v) is 5.09. The van der Waals surface area contributed by atoms with Crippen molar-refractivity contribution in [1.82, 2.24) is 5.32 Å². The van der Waals surface area contributed by atoms with E-state index in [1.165, 1.54) is 6.42 Å². The normalized spacial score (nSPS) is 12.3. The molecule has 98 valence electrons. The summed E-state index contributed by atoms with van der Waals surface area (Å²) in [6, 6.07) is -0.0959. The third-order valence-corrected chi connectivity index (χ3v) is 2.11. The molecule has 1 atom stereocenters. The van der Waals surface area contributed by atoms with E-state index in [-0.39, 0.29) is 12.1 Å². The Labute approximate surface area is 105 Å². The van der Waals surface area contributed by atoms with Gasteiger partial charge in [-0.1, -0.05) is 32.1 Å². The first-order valence-corrected chi connectivity index (χ1v) is 6.31. The number of amides is 1. The van der Waals surface area contributed by atoms with Crippen molar-refractivity contribution < 1.29 is 9.53 Å². The van der Waals surface area contributed by atoms with E-state index in [1.807, 2.05) is 20.8 Å². The number of unbranched alkanes of at least 4 members (excludes halogenated alkanes) is 2. The topological polar surface area (TPSA) is 38.3 Å². The van der Waals surface area contributed by atoms with E-state index in [9.17, 15) is 4.79 Å². The minimum atomic E-state index is -0.461. The maximum Gasteiger partial charge on any atom is 0.408 e. The monoisotopic (exact) mass is 239 g/mol. The van der Waals surface area contributed by atoms with Crippen molar-refractivity contribution in [2.24, 2.45) is 0 Å². The number of nitrogens with one attached hydrogen (secondary N) is 1. The second kappa shape index (κ2) is 8.00. The maximum atomic E-state index is 11.6. The summed E-state index contributed by atoms with van der Waals surface area (Å²) in [5.74, 6) is 5.84. The molecule has 1 amide bonds. The Morgan fingerprint density at radius 3 is 2.47 bits per heavy atom. The molecule has 0 aliphatic heterocycles. The fourth-order valence-electron chi connectivity index (χ4n) is 1.40. The van der Waals surface area contributed by atoms with Crippen molar-refractivity contribution in [3.05, 3.63) is 0 Å². The quantitative estimate of drug-likeness (QED) is 0.589. The second-order valence-electron chi connectivity index (χ2n) is 5.09. The average Bonchev–Trinajstić information content (AvgIpc) is 2.15. The van der Waals surface area contributed by atoms with Gasteiger partial charge < -0.3 is 10.1 Å². The summed E-state index contributed by atoms with van der Waals surface area (Å²) >= 11 is 0. The SMILES string of the molecule is CC#CC(CCCCC)NC(=O)OC(C)(C)C. The van der Waals surface area contributed by atoms with Crippen LogP contribution in [-0.4, -0.2) is 17.7 Å². The lowest BCUT2D eigenvalue weighted by atomic mass is 10.1. The molecule has 1 N–H and O–H groups in total. The minimum absolute atomic E-state index is 0.0959. The number of ether oxygens (including phenoxy) is 1. The summed E-state index contributed by atoms with van der Waals surface area (Å²) in [5, 5.41) is 2.80. The highest BCUT2D eigenvalue weighted by Gasteiger charge is 2.18. The van der Waals surface area contributed by atoms with Gasteiger partial charge in [-0.2, -0.15) is 0 Å². The molecule has 17 heavy (non-hydrogen) atoms. The maximum absolute atomic E-state index is 11.6. The average molecular weight is 239 g/mol. The number of carbonyl (C=O) groups excluding carboxylic acids is 1. The Morgan fingerprint density at radius 2 is 2.00 bits per heavy atom. The van der Waals surface area contributed by atoms with Gasteiger partial charge in [-0.3, -0.25) is 0 Å². The van der Waals surface area contributed by atoms with Crippen molar-refractivity contribution in [2.45, 2.75) is 71.9 Å². The van der Waals surface area contributed by atoms with Gasteiger partial charge in [0.2, 0.25) is 0 Å². The van der Waals surface area contributed by atoms with Crippen LogP contribution in [0.25, 0.3) is 0 Å². The Bertz CT molecular complexity index is 281. The Balaban J connectivity index is 4.14. The molecule has 0 spiro atoms. The zero-order valence-electron chi connectivity index (χ0n) is 11.7. The lowest BCUT2D eigenvalue weighted by Gasteiger charge is -2.21. The zero-order chi connectivity index (χ0) is 13.3. The highest BCUT2D eigenvalue weighted by molar-refractivity contribution is 5.68. The van der Waals surface area contributed by atoms with Gasteiger partial charge in [0.15, 0.2) is 0 Å². The van der Waals surface area contributed by atoms with Crippen LogP contribution in [0.5, 0.6) is 0 Å². The van der Waals surface area contributed by atoms with Gasteiger partial charge in [0.05, 0.1) is 6.04 Å². The molecule has 0 aliphatic rings. The number of alkyl carbamates (subject to hydrolysis) is 1. The molecular formula is C14H25NO2. The van der Waals surface area contributed by atoms with Crippen LogP contribution < -0.4 is 5.32 Å². The van der Waals surface area contributed by atoms with Gasteiger partial charge in [0.25, 0.3) is 0 Å². The van der Waals surface area contributed by atoms with Crippen molar-refractivity contribution in [2.75, 3.05) is 0 Å². The third kappa shape index (κ3) is 9.74. The molecule has 0 heterocycles. The van der Waals surface area contributed by atoms with Crippen LogP contribution in [0, 0.1) is 11.8 Å². The Kier molecular flexibility index (Phi) is 7.45. The van der Waals surface area contributed by atoms with Gasteiger partial charge >= 0.3 is 6.09 Å². The van der Waals surface area contributed by atoms with E-state index in [4.69, 9.17) is 4.74 Å². The van der Waals surface area contributed by atoms with E-state index in [0.29, 0.717) is 0 Å². The largest absolute Gasteiger partial charge is 0.444 e. The number of carbonyl (C=O) groups is 1. The molecule has 0 aromatic carbocycles. The lowest BCUT2D eigenvalue weighted by molar-refractivity contribution is 0.0514. The first kappa shape index (κ1) is 15.8. The third-order valence-electron chi connectivity index (χ3n) is 2.11. The van der Waals surface area contributed by atoms with Crippen molar-refractivity contribution >= 4 is 6.09 Å². The predicted octanol–water partition coefficient (Wildman–Crippen LogP) is 3.48. The summed E-state index contributed by atoms with van der Waals surface area (Å²) in [7, 11) is 0. The number of hydrogen-bond donors (Lipinski definition) is 1. The van der Waals surface area contributed by atoms with Crippen LogP contribution in [0.15, 0.2) is 0 Å². The highest BCUT2D eigenvalue weighted by Crippen LogP contribution is 2.08. The summed E-state index contributed by atoms with van der Waals surface area (Å²) in [6.45, 7) is 9.49. The fraction of sp³-hybridized carbons (Fsp3) is 0.786. The van der Waals surface area contributed by atoms with E-state index in [2.05, 4.69) is 24.1 Å². The first-order chi connectivity index (χ1) is 7.89. The molecule has 0 bridgehead atoms. The molecule has 0 radical (unpaired) electrons. The zero-order valence-corrected chi connectivity index (χ0v) is 11.7. The standard InChI is InChI=1S/C14H25NO2/c1-6-8-9-11-12(10-7-2)15-13(16)17-14(3,4)5/h12H,6,8-9,11H2,1-5H3,(H,15,16). The summed E-state index contributed by atoms with van der Waals surface area (Å²) in [6.07, 6.45) is 3.90. The van der Waals surface area contributed by atoms with Crippen molar-refractivity contribution in [3.63, 3.8) is 0 Å². The van der Waals surface area contributed by atoms with Crippen LogP contribution >= 0.6 is 0 Å². The first-order valence-electron chi connectivity index (χ1n) is 6.31. The van der Waals surface area contributed by atoms with Gasteiger partial charge in [-0.15, -0.1) is 5.92 Å². The molecule has 0 aliphatic carbocycles. The van der Waals surface area contributed by atoms with E-state index in [1.54, 1.807) is 6.92 Å². The van der Waals surface area contributed by atoms with Crippen molar-refractivity contribution in [3.8, 4) is 11.8 Å². The molecule has 0 aromatic heterocycles. The number of hydrogen-bond acceptors (Lipinski definition) is 2. The van der Waals surface area contributed by atoms with Gasteiger partial charge in [-0.05, 0) is 34.1 Å². The molecule has 0 fully saturated rings. The van der Waals surface area contributed by atoms with Gasteiger partial charge in [0.1, 0.15) is 5.60 Å². The molecule has 3 nitrogen and oxygen atoms in total. The molecular weight excluding hydrogens is 214 g/mol. The van der Waals surface area contributed by atoms with Crippen LogP contribution in [0.4, 0.5) is 4.79 Å². The van der Waals surface area contributed by atoms with Crippen LogP contribution in [0.1, 0.15) is 60.3 Å². The van der Waals surface area contributed by atoms with Crippen LogP contribution in [0.3, 0.4) is 0 Å². The fourth-order valence-corrected chi connectivity index (χ4v) is 1.40. The Hall–Kier alpha value is -1.17. The lowest BCUT2D eigenvalue weighted by Crippen LogP contribution is -2.38. The summed E-state index contributed by atoms with van der Waals surface area (Å²) < 4.78 is 5.20. The minimum Gasteiger partial charge on any atom is -0.444 e. The number of rotatable bonds is 5. The summed E-state index contributed by atoms with van der Waals surface area (Å²) in [4.78, 5) is 11.6. The van der Waals surface area contributed by atoms with Crippen LogP contribution in [-0.2, 0) is 4.74 Å². The summed E-state index contributed by atoms with van der Waals surface area (Å²) in [5.41, 5.74) is -0.461. The molecule has 1 unspecified atom stereocenters. The molecule has 3 heteroatoms. The van der Waals surface area contributed by atoms with Gasteiger partial charge in [0, 0.05) is 0 Å². The highest BCUT2D eigenvalue weighted by atomic mass is 16.6. The smallest absolute Gasteiger partial charge is 0.408 e. The Morgan fingerprint density at radius 1 is 1.35 bits per heavy atom. The van der Waals surface area contributed by atoms with Crippen LogP contribution in [0.2, 0.25) is 0 Å². The van der Waals surface area contributed by atoms with E-state index in [0.717, 1.165) is 19.3 Å². The molecule has 0 aromatic rings. The van der Waals surface area contributed by atoms with E-state index < -0.39 is 5.60 Å². The van der Waals surface area contributed by atoms with E-state index >= 15 is 0 Å². The molecule has 0 saturated heterocycles. The molecule has 0 saturated carbocycles. The van der Waals surface area contributed by atoms with Gasteiger partial charge in [-0.25, -0.2) is 4.79 Å². The van der Waals surface area contributed by atoms with Crippen molar-refractivity contribution in [1.29, 1.82) is 0 Å². The predicted molar refractivity (Wildman–Crippen MR) is 70.7 cm³/mol. The molecule has 0 rings (SSSR count).